The molecule has 0 atom stereocenters. The number of aryl methyl sites for hydroxylation is 1. The molecule has 0 aliphatic carbocycles. The molecule has 1 N–H and O–H groups in total. The van der Waals surface area contributed by atoms with Crippen LogP contribution >= 0.6 is 0 Å². The monoisotopic (exact) mass is 181 g/mol. The molecule has 0 aromatic carbocycles. The average molecular weight is 181 g/mol. The first-order chi connectivity index (χ1) is 6.27. The fraction of sp³-hybridized carbons (Fsp3) is 0.500. The summed E-state index contributed by atoms with van der Waals surface area (Å²) >= 11 is 0. The van der Waals surface area contributed by atoms with Crippen molar-refractivity contribution in [1.29, 1.82) is 0 Å². The number of hydrogen-bond donors (Lipinski definition) is 1. The van der Waals surface area contributed by atoms with Crippen LogP contribution in [0.2, 0.25) is 0 Å². The Morgan fingerprint density at radius 3 is 2.77 bits per heavy atom. The van der Waals surface area contributed by atoms with Crippen LogP contribution in [0.3, 0.4) is 0 Å². The normalized spacial score (nSPS) is 10.0. The van der Waals surface area contributed by atoms with Gasteiger partial charge < -0.3 is 9.73 Å². The predicted octanol–water partition coefficient (Wildman–Crippen LogP) is 1.98. The Hall–Kier alpha value is -1.25. The van der Waals surface area contributed by atoms with Crippen molar-refractivity contribution in [2.24, 2.45) is 0 Å². The lowest BCUT2D eigenvalue weighted by atomic mass is 10.3. The zero-order chi connectivity index (χ0) is 9.68. The fourth-order valence-electron chi connectivity index (χ4n) is 1.02. The molecule has 0 saturated heterocycles. The molecule has 3 heteroatoms. The van der Waals surface area contributed by atoms with Crippen molar-refractivity contribution >= 4 is 5.91 Å². The Labute approximate surface area is 78.1 Å². The molecule has 0 radical (unpaired) electrons. The van der Waals surface area contributed by atoms with Crippen LogP contribution in [0.5, 0.6) is 0 Å². The van der Waals surface area contributed by atoms with Gasteiger partial charge in [0.05, 0.1) is 0 Å². The van der Waals surface area contributed by atoms with E-state index in [0.29, 0.717) is 12.3 Å². The minimum absolute atomic E-state index is 0.124. The van der Waals surface area contributed by atoms with E-state index in [-0.39, 0.29) is 5.91 Å². The van der Waals surface area contributed by atoms with Crippen molar-refractivity contribution in [3.8, 4) is 0 Å². The quantitative estimate of drug-likeness (QED) is 0.771. The van der Waals surface area contributed by atoms with Crippen molar-refractivity contribution in [2.45, 2.75) is 26.7 Å². The van der Waals surface area contributed by atoms with Gasteiger partial charge in [0.15, 0.2) is 5.76 Å². The zero-order valence-corrected chi connectivity index (χ0v) is 8.09. The molecule has 1 heterocycles. The van der Waals surface area contributed by atoms with E-state index in [2.05, 4.69) is 5.32 Å². The highest BCUT2D eigenvalue weighted by molar-refractivity contribution is 5.91. The number of amides is 1. The van der Waals surface area contributed by atoms with E-state index in [9.17, 15) is 4.79 Å². The minimum atomic E-state index is -0.124. The molecule has 0 bridgehead atoms. The van der Waals surface area contributed by atoms with Gasteiger partial charge in [-0.25, -0.2) is 0 Å². The van der Waals surface area contributed by atoms with Crippen LogP contribution in [-0.2, 0) is 6.42 Å². The van der Waals surface area contributed by atoms with Gasteiger partial charge in [-0.3, -0.25) is 4.79 Å². The van der Waals surface area contributed by atoms with E-state index >= 15 is 0 Å². The van der Waals surface area contributed by atoms with Crippen molar-refractivity contribution in [1.82, 2.24) is 5.32 Å². The van der Waals surface area contributed by atoms with Crippen LogP contribution in [0.25, 0.3) is 0 Å². The zero-order valence-electron chi connectivity index (χ0n) is 8.09. The van der Waals surface area contributed by atoms with E-state index in [4.69, 9.17) is 4.42 Å². The summed E-state index contributed by atoms with van der Waals surface area (Å²) in [4.78, 5) is 11.3. The predicted molar refractivity (Wildman–Crippen MR) is 50.7 cm³/mol. The summed E-state index contributed by atoms with van der Waals surface area (Å²) in [6.45, 7) is 4.70. The number of rotatable bonds is 4. The second-order valence-corrected chi connectivity index (χ2v) is 2.88. The molecule has 1 aromatic rings. The molecule has 72 valence electrons. The maximum Gasteiger partial charge on any atom is 0.286 e. The SMILES string of the molecule is CCCNC(=O)c1ccc(CC)o1. The third kappa shape index (κ3) is 2.61. The lowest BCUT2D eigenvalue weighted by Crippen LogP contribution is -2.23. The van der Waals surface area contributed by atoms with Crippen LogP contribution in [0, 0.1) is 0 Å². The maximum absolute atomic E-state index is 11.3. The van der Waals surface area contributed by atoms with Gasteiger partial charge in [0.25, 0.3) is 5.91 Å². The van der Waals surface area contributed by atoms with Crippen LogP contribution in [0.4, 0.5) is 0 Å². The molecule has 0 fully saturated rings. The highest BCUT2D eigenvalue weighted by atomic mass is 16.3. The van der Waals surface area contributed by atoms with Crippen LogP contribution < -0.4 is 5.32 Å². The second-order valence-electron chi connectivity index (χ2n) is 2.88. The van der Waals surface area contributed by atoms with Gasteiger partial charge in [0.1, 0.15) is 5.76 Å². The molecule has 0 aliphatic rings. The number of nitrogens with one attached hydrogen (secondary N) is 1. The number of carbonyl (C=O) groups excluding carboxylic acids is 1. The van der Waals surface area contributed by atoms with Crippen molar-refractivity contribution in [3.05, 3.63) is 23.7 Å². The molecular formula is C10H15NO2. The lowest BCUT2D eigenvalue weighted by Gasteiger charge is -1.98. The van der Waals surface area contributed by atoms with E-state index in [1.807, 2.05) is 19.9 Å². The van der Waals surface area contributed by atoms with Crippen LogP contribution in [0.15, 0.2) is 16.5 Å². The topological polar surface area (TPSA) is 42.2 Å². The first-order valence-corrected chi connectivity index (χ1v) is 4.64. The van der Waals surface area contributed by atoms with Crippen LogP contribution in [-0.4, -0.2) is 12.5 Å². The summed E-state index contributed by atoms with van der Waals surface area (Å²) in [6.07, 6.45) is 1.76. The van der Waals surface area contributed by atoms with E-state index in [0.717, 1.165) is 18.6 Å². The summed E-state index contributed by atoms with van der Waals surface area (Å²) < 4.78 is 5.28. The van der Waals surface area contributed by atoms with Crippen molar-refractivity contribution in [3.63, 3.8) is 0 Å². The van der Waals surface area contributed by atoms with E-state index in [1.165, 1.54) is 0 Å². The Bertz CT molecular complexity index is 278. The minimum Gasteiger partial charge on any atom is -0.456 e. The molecule has 3 nitrogen and oxygen atoms in total. The molecule has 1 amide bonds. The fourth-order valence-corrected chi connectivity index (χ4v) is 1.02. The van der Waals surface area contributed by atoms with E-state index in [1.54, 1.807) is 6.07 Å². The Balaban J connectivity index is 2.55. The molecule has 0 aliphatic heterocycles. The molecule has 1 aromatic heterocycles. The molecule has 0 spiro atoms. The van der Waals surface area contributed by atoms with Crippen molar-refractivity contribution in [2.75, 3.05) is 6.54 Å². The summed E-state index contributed by atoms with van der Waals surface area (Å²) in [6, 6.07) is 3.55. The molecule has 0 saturated carbocycles. The second kappa shape index (κ2) is 4.70. The highest BCUT2D eigenvalue weighted by Crippen LogP contribution is 2.07. The van der Waals surface area contributed by atoms with Gasteiger partial charge in [-0.1, -0.05) is 13.8 Å². The average Bonchev–Trinajstić information content (AvgIpc) is 2.62. The van der Waals surface area contributed by atoms with Gasteiger partial charge in [-0.15, -0.1) is 0 Å². The first kappa shape index (κ1) is 9.84. The lowest BCUT2D eigenvalue weighted by molar-refractivity contribution is 0.0924. The molecule has 13 heavy (non-hydrogen) atoms. The van der Waals surface area contributed by atoms with Gasteiger partial charge in [0, 0.05) is 13.0 Å². The van der Waals surface area contributed by atoms with E-state index < -0.39 is 0 Å². The molecule has 1 rings (SSSR count). The summed E-state index contributed by atoms with van der Waals surface area (Å²) in [5, 5.41) is 2.75. The number of hydrogen-bond acceptors (Lipinski definition) is 2. The Kier molecular flexibility index (Phi) is 3.55. The molecular weight excluding hydrogens is 166 g/mol. The maximum atomic E-state index is 11.3. The van der Waals surface area contributed by atoms with Gasteiger partial charge in [-0.2, -0.15) is 0 Å². The number of carbonyl (C=O) groups is 1. The Morgan fingerprint density at radius 2 is 2.23 bits per heavy atom. The van der Waals surface area contributed by atoms with Crippen molar-refractivity contribution < 1.29 is 9.21 Å². The smallest absolute Gasteiger partial charge is 0.286 e. The molecule has 0 unspecified atom stereocenters. The third-order valence-electron chi connectivity index (χ3n) is 1.77. The van der Waals surface area contributed by atoms with Gasteiger partial charge in [-0.05, 0) is 18.6 Å². The van der Waals surface area contributed by atoms with Crippen LogP contribution in [0.1, 0.15) is 36.6 Å². The van der Waals surface area contributed by atoms with Gasteiger partial charge >= 0.3 is 0 Å². The third-order valence-corrected chi connectivity index (χ3v) is 1.77. The standard InChI is InChI=1S/C10H15NO2/c1-3-7-11-10(12)9-6-5-8(4-2)13-9/h5-6H,3-4,7H2,1-2H3,(H,11,12). The van der Waals surface area contributed by atoms with Gasteiger partial charge in [0.2, 0.25) is 0 Å². The largest absolute Gasteiger partial charge is 0.456 e. The highest BCUT2D eigenvalue weighted by Gasteiger charge is 2.08. The summed E-state index contributed by atoms with van der Waals surface area (Å²) in [5.41, 5.74) is 0. The summed E-state index contributed by atoms with van der Waals surface area (Å²) in [5.74, 6) is 1.13. The first-order valence-electron chi connectivity index (χ1n) is 4.64. The number of furan rings is 1. The Morgan fingerprint density at radius 1 is 1.46 bits per heavy atom. The summed E-state index contributed by atoms with van der Waals surface area (Å²) in [7, 11) is 0.